The first-order chi connectivity index (χ1) is 13.8. The van der Waals surface area contributed by atoms with Crippen LogP contribution in [0.25, 0.3) is 5.57 Å². The molecular formula is C23H26BrN3O2. The van der Waals surface area contributed by atoms with E-state index in [9.17, 15) is 4.79 Å². The van der Waals surface area contributed by atoms with Gasteiger partial charge in [0.1, 0.15) is 5.75 Å². The molecule has 0 spiro atoms. The fraction of sp³-hybridized carbons (Fsp3) is 0.304. The highest BCUT2D eigenvalue weighted by molar-refractivity contribution is 9.10. The van der Waals surface area contributed by atoms with E-state index < -0.39 is 0 Å². The van der Waals surface area contributed by atoms with E-state index in [1.807, 2.05) is 18.2 Å². The molecule has 0 aliphatic carbocycles. The fourth-order valence-corrected chi connectivity index (χ4v) is 4.05. The zero-order chi connectivity index (χ0) is 21.0. The average Bonchev–Trinajstić information content (AvgIpc) is 2.66. The summed E-state index contributed by atoms with van der Waals surface area (Å²) in [5.74, 6) is 0.313. The second kappa shape index (κ2) is 8.82. The first-order valence-electron chi connectivity index (χ1n) is 9.62. The van der Waals surface area contributed by atoms with E-state index in [1.165, 1.54) is 16.8 Å². The number of nitrogens with zero attached hydrogens (tertiary/aromatic N) is 2. The molecule has 2 aromatic carbocycles. The lowest BCUT2D eigenvalue weighted by Gasteiger charge is -2.42. The van der Waals surface area contributed by atoms with Crippen molar-refractivity contribution in [2.24, 2.45) is 5.10 Å². The monoisotopic (exact) mass is 455 g/mol. The Bertz CT molecular complexity index is 966. The van der Waals surface area contributed by atoms with Crippen LogP contribution < -0.4 is 15.1 Å². The number of carbonyl (C=O) groups is 1. The Labute approximate surface area is 180 Å². The molecule has 1 aliphatic rings. The second-order valence-electron chi connectivity index (χ2n) is 7.54. The van der Waals surface area contributed by atoms with Gasteiger partial charge in [-0.15, -0.1) is 0 Å². The normalized spacial score (nSPS) is 15.1. The van der Waals surface area contributed by atoms with Crippen molar-refractivity contribution >= 4 is 39.3 Å². The highest BCUT2D eigenvalue weighted by Gasteiger charge is 2.29. The molecule has 5 nitrogen and oxygen atoms in total. The Morgan fingerprint density at radius 3 is 2.79 bits per heavy atom. The maximum Gasteiger partial charge on any atom is 0.277 e. The molecular weight excluding hydrogens is 430 g/mol. The molecule has 1 heterocycles. The van der Waals surface area contributed by atoms with Gasteiger partial charge in [-0.2, -0.15) is 5.10 Å². The second-order valence-corrected chi connectivity index (χ2v) is 8.46. The third kappa shape index (κ3) is 5.07. The van der Waals surface area contributed by atoms with Crippen LogP contribution in [0.2, 0.25) is 0 Å². The van der Waals surface area contributed by atoms with Crippen molar-refractivity contribution in [3.63, 3.8) is 0 Å². The number of likely N-dealkylation sites (N-methyl/N-ethyl adjacent to an activating group) is 1. The van der Waals surface area contributed by atoms with Gasteiger partial charge in [-0.25, -0.2) is 5.43 Å². The van der Waals surface area contributed by atoms with Crippen LogP contribution >= 0.6 is 15.9 Å². The quantitative estimate of drug-likeness (QED) is 0.492. The molecule has 6 heteroatoms. The number of rotatable bonds is 6. The number of nitrogens with one attached hydrogen (secondary N) is 1. The number of fused-ring (bicyclic) bond motifs is 1. The lowest BCUT2D eigenvalue weighted by Crippen LogP contribution is -2.44. The molecule has 2 aromatic rings. The van der Waals surface area contributed by atoms with Gasteiger partial charge < -0.3 is 9.64 Å². The van der Waals surface area contributed by atoms with Crippen molar-refractivity contribution in [1.82, 2.24) is 5.43 Å². The molecule has 29 heavy (non-hydrogen) atoms. The Kier molecular flexibility index (Phi) is 6.42. The highest BCUT2D eigenvalue weighted by Crippen LogP contribution is 2.38. The molecule has 0 saturated carbocycles. The molecule has 0 aromatic heterocycles. The molecule has 1 amide bonds. The summed E-state index contributed by atoms with van der Waals surface area (Å²) in [4.78, 5) is 14.3. The number of halogens is 1. The summed E-state index contributed by atoms with van der Waals surface area (Å²) >= 11 is 3.37. The summed E-state index contributed by atoms with van der Waals surface area (Å²) in [6, 6.07) is 13.6. The van der Waals surface area contributed by atoms with E-state index in [2.05, 4.69) is 77.3 Å². The smallest absolute Gasteiger partial charge is 0.277 e. The van der Waals surface area contributed by atoms with Crippen molar-refractivity contribution in [2.75, 3.05) is 18.1 Å². The topological polar surface area (TPSA) is 53.9 Å². The van der Waals surface area contributed by atoms with Crippen molar-refractivity contribution < 1.29 is 9.53 Å². The van der Waals surface area contributed by atoms with E-state index in [0.29, 0.717) is 5.75 Å². The first kappa shape index (κ1) is 21.1. The Hall–Kier alpha value is -2.60. The maximum absolute atomic E-state index is 12.0. The first-order valence-corrected chi connectivity index (χ1v) is 10.4. The molecule has 0 radical (unpaired) electrons. The molecule has 3 rings (SSSR count). The predicted octanol–water partition coefficient (Wildman–Crippen LogP) is 5.00. The van der Waals surface area contributed by atoms with Crippen molar-refractivity contribution in [3.05, 3.63) is 64.1 Å². The SMILES string of the molecule is CCN1c2ccc(/C=N\NC(=O)COc3cccc(Br)c3)cc2C(C)=CC1(C)C. The number of amides is 1. The molecule has 0 atom stereocenters. The van der Waals surface area contributed by atoms with E-state index in [0.717, 1.165) is 16.6 Å². The summed E-state index contributed by atoms with van der Waals surface area (Å²) in [7, 11) is 0. The summed E-state index contributed by atoms with van der Waals surface area (Å²) in [5, 5.41) is 4.07. The van der Waals surface area contributed by atoms with Crippen molar-refractivity contribution in [1.29, 1.82) is 0 Å². The number of benzene rings is 2. The molecule has 0 saturated heterocycles. The minimum Gasteiger partial charge on any atom is -0.484 e. The van der Waals surface area contributed by atoms with Gasteiger partial charge in [0, 0.05) is 22.3 Å². The largest absolute Gasteiger partial charge is 0.484 e. The molecule has 0 bridgehead atoms. The van der Waals surface area contributed by atoms with Gasteiger partial charge in [0.05, 0.1) is 11.8 Å². The van der Waals surface area contributed by atoms with Crippen molar-refractivity contribution in [2.45, 2.75) is 33.2 Å². The number of hydrogen-bond donors (Lipinski definition) is 1. The van der Waals surface area contributed by atoms with Crippen LogP contribution in [0.1, 0.15) is 38.8 Å². The third-order valence-corrected chi connectivity index (χ3v) is 5.38. The van der Waals surface area contributed by atoms with Crippen LogP contribution in [0.3, 0.4) is 0 Å². The zero-order valence-electron chi connectivity index (χ0n) is 17.2. The minimum atomic E-state index is -0.311. The Morgan fingerprint density at radius 1 is 1.28 bits per heavy atom. The summed E-state index contributed by atoms with van der Waals surface area (Å²) in [6.07, 6.45) is 3.95. The lowest BCUT2D eigenvalue weighted by atomic mass is 9.88. The van der Waals surface area contributed by atoms with Gasteiger partial charge in [-0.05, 0) is 69.2 Å². The van der Waals surface area contributed by atoms with Crippen LogP contribution in [0.4, 0.5) is 5.69 Å². The Balaban J connectivity index is 1.63. The zero-order valence-corrected chi connectivity index (χ0v) is 18.8. The van der Waals surface area contributed by atoms with Crippen LogP contribution in [-0.2, 0) is 4.79 Å². The lowest BCUT2D eigenvalue weighted by molar-refractivity contribution is -0.123. The number of allylic oxidation sites excluding steroid dienone is 1. The van der Waals surface area contributed by atoms with Crippen LogP contribution in [-0.4, -0.2) is 30.8 Å². The number of hydrogen-bond acceptors (Lipinski definition) is 4. The van der Waals surface area contributed by atoms with Gasteiger partial charge in [-0.1, -0.05) is 34.1 Å². The Morgan fingerprint density at radius 2 is 2.07 bits per heavy atom. The summed E-state index contributed by atoms with van der Waals surface area (Å²) in [5.41, 5.74) is 7.09. The highest BCUT2D eigenvalue weighted by atomic mass is 79.9. The number of carbonyl (C=O) groups excluding carboxylic acids is 1. The van der Waals surface area contributed by atoms with Gasteiger partial charge in [0.2, 0.25) is 0 Å². The number of anilines is 1. The van der Waals surface area contributed by atoms with Gasteiger partial charge in [0.15, 0.2) is 6.61 Å². The summed E-state index contributed by atoms with van der Waals surface area (Å²) < 4.78 is 6.35. The molecule has 1 N–H and O–H groups in total. The summed E-state index contributed by atoms with van der Waals surface area (Å²) in [6.45, 7) is 9.59. The average molecular weight is 456 g/mol. The molecule has 0 unspecified atom stereocenters. The molecule has 0 fully saturated rings. The van der Waals surface area contributed by atoms with Crippen LogP contribution in [0, 0.1) is 0 Å². The van der Waals surface area contributed by atoms with Gasteiger partial charge >= 0.3 is 0 Å². The fourth-order valence-electron chi connectivity index (χ4n) is 3.68. The van der Waals surface area contributed by atoms with Crippen molar-refractivity contribution in [3.8, 4) is 5.75 Å². The molecule has 152 valence electrons. The predicted molar refractivity (Wildman–Crippen MR) is 123 cm³/mol. The van der Waals surface area contributed by atoms with E-state index >= 15 is 0 Å². The molecule has 1 aliphatic heterocycles. The third-order valence-electron chi connectivity index (χ3n) is 4.89. The van der Waals surface area contributed by atoms with Crippen LogP contribution in [0.5, 0.6) is 5.75 Å². The van der Waals surface area contributed by atoms with E-state index in [1.54, 1.807) is 18.3 Å². The standard InChI is InChI=1S/C23H26BrN3O2/c1-5-27-21-10-9-17(11-20(21)16(2)13-23(27,3)4)14-25-26-22(28)15-29-19-8-6-7-18(24)12-19/h6-14H,5,15H2,1-4H3,(H,26,28)/b25-14-. The van der Waals surface area contributed by atoms with Gasteiger partial charge in [-0.3, -0.25) is 4.79 Å². The van der Waals surface area contributed by atoms with Crippen LogP contribution in [0.15, 0.2) is 58.1 Å². The van der Waals surface area contributed by atoms with E-state index in [-0.39, 0.29) is 18.1 Å². The van der Waals surface area contributed by atoms with E-state index in [4.69, 9.17) is 4.74 Å². The minimum absolute atomic E-state index is 0.0102. The maximum atomic E-state index is 12.0. The number of ether oxygens (including phenoxy) is 1. The number of hydrazone groups is 1. The van der Waals surface area contributed by atoms with Gasteiger partial charge in [0.25, 0.3) is 5.91 Å².